The molecule has 0 atom stereocenters. The minimum Gasteiger partial charge on any atom is -0.455 e. The van der Waals surface area contributed by atoms with Crippen molar-refractivity contribution in [3.63, 3.8) is 0 Å². The van der Waals surface area contributed by atoms with E-state index in [1.807, 2.05) is 12.1 Å². The van der Waals surface area contributed by atoms with Gasteiger partial charge in [-0.05, 0) is 87.0 Å². The number of nitrogens with zero attached hydrogens (tertiary/aromatic N) is 1. The molecular weight excluding hydrogens is 679 g/mol. The summed E-state index contributed by atoms with van der Waals surface area (Å²) in [5.41, 5.74) is 16.7. The average molecular weight is 716 g/mol. The van der Waals surface area contributed by atoms with E-state index in [1.165, 1.54) is 38.9 Å². The van der Waals surface area contributed by atoms with Crippen LogP contribution in [0.4, 0.5) is 17.1 Å². The molecule has 0 fully saturated rings. The molecule has 10 rings (SSSR count). The summed E-state index contributed by atoms with van der Waals surface area (Å²) < 4.78 is 6.57. The third-order valence-corrected chi connectivity index (χ3v) is 10.7. The summed E-state index contributed by atoms with van der Waals surface area (Å²) in [4.78, 5) is 2.36. The lowest BCUT2D eigenvalue weighted by atomic mass is 9.91. The van der Waals surface area contributed by atoms with Crippen LogP contribution in [0.3, 0.4) is 0 Å². The summed E-state index contributed by atoms with van der Waals surface area (Å²) >= 11 is 0. The Hall–Kier alpha value is -7.42. The van der Waals surface area contributed by atoms with Gasteiger partial charge in [0.25, 0.3) is 0 Å². The predicted octanol–water partition coefficient (Wildman–Crippen LogP) is 15.4. The molecule has 0 bridgehead atoms. The van der Waals surface area contributed by atoms with Gasteiger partial charge in [0.05, 0.1) is 5.69 Å². The van der Waals surface area contributed by atoms with E-state index in [2.05, 4.69) is 217 Å². The van der Waals surface area contributed by atoms with Gasteiger partial charge in [-0.25, -0.2) is 0 Å². The third-order valence-electron chi connectivity index (χ3n) is 10.7. The highest BCUT2D eigenvalue weighted by Gasteiger charge is 2.21. The van der Waals surface area contributed by atoms with Gasteiger partial charge in [0, 0.05) is 33.3 Å². The van der Waals surface area contributed by atoms with Gasteiger partial charge in [-0.3, -0.25) is 0 Å². The van der Waals surface area contributed by atoms with Crippen LogP contribution in [0.1, 0.15) is 0 Å². The number of hydrogen-bond donors (Lipinski definition) is 0. The van der Waals surface area contributed by atoms with Crippen LogP contribution in [0, 0.1) is 0 Å². The van der Waals surface area contributed by atoms with Crippen LogP contribution in [-0.2, 0) is 0 Å². The Balaban J connectivity index is 1.10. The molecular formula is C54H37NO. The minimum atomic E-state index is 0.892. The average Bonchev–Trinajstić information content (AvgIpc) is 3.67. The molecule has 0 saturated heterocycles. The van der Waals surface area contributed by atoms with E-state index in [9.17, 15) is 0 Å². The van der Waals surface area contributed by atoms with Gasteiger partial charge >= 0.3 is 0 Å². The molecule has 2 nitrogen and oxygen atoms in total. The van der Waals surface area contributed by atoms with E-state index in [-0.39, 0.29) is 0 Å². The normalized spacial score (nSPS) is 11.2. The van der Waals surface area contributed by atoms with E-state index in [1.54, 1.807) is 0 Å². The fourth-order valence-electron chi connectivity index (χ4n) is 7.97. The molecule has 0 spiro atoms. The van der Waals surface area contributed by atoms with E-state index < -0.39 is 0 Å². The lowest BCUT2D eigenvalue weighted by Gasteiger charge is -2.28. The molecule has 0 saturated carbocycles. The molecule has 0 radical (unpaired) electrons. The smallest absolute Gasteiger partial charge is 0.143 e. The van der Waals surface area contributed by atoms with E-state index in [4.69, 9.17) is 4.42 Å². The van der Waals surface area contributed by atoms with Gasteiger partial charge in [-0.1, -0.05) is 182 Å². The van der Waals surface area contributed by atoms with Crippen LogP contribution in [-0.4, -0.2) is 0 Å². The van der Waals surface area contributed by atoms with Crippen LogP contribution in [0.2, 0.25) is 0 Å². The molecule has 10 aromatic rings. The maximum absolute atomic E-state index is 6.57. The van der Waals surface area contributed by atoms with Crippen molar-refractivity contribution in [1.29, 1.82) is 0 Å². The van der Waals surface area contributed by atoms with Gasteiger partial charge in [-0.2, -0.15) is 0 Å². The van der Waals surface area contributed by atoms with Gasteiger partial charge in [0.2, 0.25) is 0 Å². The van der Waals surface area contributed by atoms with Gasteiger partial charge < -0.3 is 9.32 Å². The molecule has 0 aliphatic carbocycles. The predicted molar refractivity (Wildman–Crippen MR) is 236 cm³/mol. The Kier molecular flexibility index (Phi) is 8.55. The Morgan fingerprint density at radius 3 is 1.45 bits per heavy atom. The molecule has 1 aromatic heterocycles. The number of furan rings is 1. The summed E-state index contributed by atoms with van der Waals surface area (Å²) in [6, 6.07) is 80.0. The van der Waals surface area contributed by atoms with Crippen LogP contribution < -0.4 is 4.90 Å². The Morgan fingerprint density at radius 2 is 0.768 bits per heavy atom. The Bertz CT molecular complexity index is 2930. The Labute approximate surface area is 327 Å². The second kappa shape index (κ2) is 14.4. The molecule has 0 aliphatic rings. The fraction of sp³-hybridized carbons (Fsp3) is 0. The highest BCUT2D eigenvalue weighted by molar-refractivity contribution is 6.10. The largest absolute Gasteiger partial charge is 0.455 e. The third kappa shape index (κ3) is 6.14. The first-order chi connectivity index (χ1) is 27.8. The monoisotopic (exact) mass is 715 g/mol. The quantitative estimate of drug-likeness (QED) is 0.156. The molecule has 9 aromatic carbocycles. The molecule has 0 aliphatic heterocycles. The number of hydrogen-bond acceptors (Lipinski definition) is 2. The lowest BCUT2D eigenvalue weighted by Crippen LogP contribution is -2.11. The highest BCUT2D eigenvalue weighted by Crippen LogP contribution is 2.45. The van der Waals surface area contributed by atoms with Crippen LogP contribution in [0.25, 0.3) is 77.6 Å². The van der Waals surface area contributed by atoms with E-state index >= 15 is 0 Å². The van der Waals surface area contributed by atoms with Crippen molar-refractivity contribution in [3.8, 4) is 55.6 Å². The first-order valence-corrected chi connectivity index (χ1v) is 19.1. The summed E-state index contributed by atoms with van der Waals surface area (Å²) in [5.74, 6) is 0. The highest BCUT2D eigenvalue weighted by atomic mass is 16.3. The maximum atomic E-state index is 6.57. The zero-order valence-electron chi connectivity index (χ0n) is 30.7. The van der Waals surface area contributed by atoms with Gasteiger partial charge in [0.1, 0.15) is 11.2 Å². The summed E-state index contributed by atoms with van der Waals surface area (Å²) in [6.45, 7) is 0. The molecule has 56 heavy (non-hydrogen) atoms. The van der Waals surface area contributed by atoms with Crippen molar-refractivity contribution in [3.05, 3.63) is 224 Å². The van der Waals surface area contributed by atoms with Crippen LogP contribution in [0.5, 0.6) is 0 Å². The van der Waals surface area contributed by atoms with Crippen molar-refractivity contribution < 1.29 is 4.42 Å². The molecule has 264 valence electrons. The number of fused-ring (bicyclic) bond motifs is 3. The lowest BCUT2D eigenvalue weighted by molar-refractivity contribution is 0.670. The number of anilines is 3. The van der Waals surface area contributed by atoms with Crippen LogP contribution in [0.15, 0.2) is 229 Å². The van der Waals surface area contributed by atoms with Crippen molar-refractivity contribution in [2.75, 3.05) is 4.90 Å². The maximum Gasteiger partial charge on any atom is 0.143 e. The van der Waals surface area contributed by atoms with Crippen LogP contribution >= 0.6 is 0 Å². The molecule has 2 heteroatoms. The number of rotatable bonds is 8. The fourth-order valence-corrected chi connectivity index (χ4v) is 7.97. The SMILES string of the molecule is c1ccc(-c2ccc(N(c3ccc(-c4ccc(-c5ccccc5)c(-c5ccccc5)c4)cc3)c3ccccc3-c3cccc4c3oc3ccccc34)cc2)cc1. The second-order valence-corrected chi connectivity index (χ2v) is 14.1. The van der Waals surface area contributed by atoms with Gasteiger partial charge in [-0.15, -0.1) is 0 Å². The Morgan fingerprint density at radius 1 is 0.286 bits per heavy atom. The zero-order chi connectivity index (χ0) is 37.3. The summed E-state index contributed by atoms with van der Waals surface area (Å²) in [5, 5.41) is 2.24. The van der Waals surface area contributed by atoms with Crippen molar-refractivity contribution >= 4 is 39.0 Å². The zero-order valence-corrected chi connectivity index (χ0v) is 30.7. The molecule has 1 heterocycles. The van der Waals surface area contributed by atoms with E-state index in [0.29, 0.717) is 0 Å². The first kappa shape index (κ1) is 33.2. The van der Waals surface area contributed by atoms with Crippen molar-refractivity contribution in [2.45, 2.75) is 0 Å². The van der Waals surface area contributed by atoms with Crippen molar-refractivity contribution in [1.82, 2.24) is 0 Å². The summed E-state index contributed by atoms with van der Waals surface area (Å²) in [7, 11) is 0. The molecule has 0 amide bonds. The van der Waals surface area contributed by atoms with Crippen molar-refractivity contribution in [2.24, 2.45) is 0 Å². The molecule has 0 unspecified atom stereocenters. The second-order valence-electron chi connectivity index (χ2n) is 14.1. The summed E-state index contributed by atoms with van der Waals surface area (Å²) in [6.07, 6.45) is 0. The minimum absolute atomic E-state index is 0.892. The standard InChI is InChI=1S/C54H37NO/c1-4-15-38(16-5-1)39-27-32-44(33-28-39)55(52-25-12-10-21-47(52)49-23-14-24-50-48-22-11-13-26-53(48)56-54(49)50)45-34-29-40(30-35-45)43-31-36-46(41-17-6-2-7-18-41)51(37-43)42-19-8-3-9-20-42/h1-37H. The first-order valence-electron chi connectivity index (χ1n) is 19.1. The number of benzene rings is 9. The molecule has 0 N–H and O–H groups in total. The van der Waals surface area contributed by atoms with E-state index in [0.717, 1.165) is 55.7 Å². The van der Waals surface area contributed by atoms with Gasteiger partial charge in [0.15, 0.2) is 0 Å². The topological polar surface area (TPSA) is 16.4 Å². The number of para-hydroxylation sites is 3.